The number of para-hydroxylation sites is 1. The van der Waals surface area contributed by atoms with Crippen LogP contribution in [0.4, 0.5) is 11.6 Å². The van der Waals surface area contributed by atoms with Crippen molar-refractivity contribution >= 4 is 17.5 Å². The van der Waals surface area contributed by atoms with Gasteiger partial charge < -0.3 is 15.1 Å². The first kappa shape index (κ1) is 15.9. The topological polar surface area (TPSA) is 61.4 Å². The summed E-state index contributed by atoms with van der Waals surface area (Å²) in [5.41, 5.74) is 2.52. The molecule has 1 aromatic carbocycles. The quantitative estimate of drug-likeness (QED) is 0.928. The van der Waals surface area contributed by atoms with E-state index >= 15 is 0 Å². The molecule has 0 radical (unpaired) electrons. The summed E-state index contributed by atoms with van der Waals surface area (Å²) in [6.07, 6.45) is 2.31. The molecule has 0 unspecified atom stereocenters. The van der Waals surface area contributed by atoms with Crippen LogP contribution in [0.3, 0.4) is 0 Å². The maximum absolute atomic E-state index is 12.8. The van der Waals surface area contributed by atoms with Crippen molar-refractivity contribution in [2.24, 2.45) is 0 Å². The van der Waals surface area contributed by atoms with E-state index in [2.05, 4.69) is 32.3 Å². The van der Waals surface area contributed by atoms with Crippen LogP contribution in [0.2, 0.25) is 0 Å². The Bertz CT molecular complexity index is 752. The zero-order valence-corrected chi connectivity index (χ0v) is 14.5. The molecule has 2 aliphatic rings. The number of nitrogens with zero attached hydrogens (tertiary/aromatic N) is 4. The zero-order valence-electron chi connectivity index (χ0n) is 14.5. The lowest BCUT2D eigenvalue weighted by molar-refractivity contribution is 0.0740. The summed E-state index contributed by atoms with van der Waals surface area (Å²) in [5, 5.41) is 3.28. The average Bonchev–Trinajstić information content (AvgIpc) is 3.45. The number of hydrogen-bond acceptors (Lipinski definition) is 5. The van der Waals surface area contributed by atoms with E-state index in [-0.39, 0.29) is 5.91 Å². The fourth-order valence-corrected chi connectivity index (χ4v) is 3.12. The third kappa shape index (κ3) is 3.73. The van der Waals surface area contributed by atoms with Crippen LogP contribution in [0.15, 0.2) is 36.4 Å². The normalized spacial score (nSPS) is 17.5. The summed E-state index contributed by atoms with van der Waals surface area (Å²) < 4.78 is 0. The van der Waals surface area contributed by atoms with E-state index in [9.17, 15) is 4.79 Å². The summed E-state index contributed by atoms with van der Waals surface area (Å²) >= 11 is 0. The van der Waals surface area contributed by atoms with Gasteiger partial charge in [-0.15, -0.1) is 0 Å². The third-order valence-corrected chi connectivity index (χ3v) is 4.67. The predicted molar refractivity (Wildman–Crippen MR) is 98.0 cm³/mol. The highest BCUT2D eigenvalue weighted by atomic mass is 16.2. The number of aromatic nitrogens is 2. The van der Waals surface area contributed by atoms with Crippen molar-refractivity contribution in [3.8, 4) is 0 Å². The minimum atomic E-state index is -0.00272. The number of carbonyl (C=O) groups is 1. The van der Waals surface area contributed by atoms with Gasteiger partial charge in [0, 0.05) is 43.6 Å². The van der Waals surface area contributed by atoms with Gasteiger partial charge >= 0.3 is 0 Å². The molecule has 6 heteroatoms. The van der Waals surface area contributed by atoms with Gasteiger partial charge in [-0.25, -0.2) is 9.97 Å². The molecule has 2 fully saturated rings. The minimum absolute atomic E-state index is 0.00272. The zero-order chi connectivity index (χ0) is 17.2. The van der Waals surface area contributed by atoms with Crippen LogP contribution in [-0.4, -0.2) is 53.0 Å². The maximum Gasteiger partial charge on any atom is 0.272 e. The molecule has 6 nitrogen and oxygen atoms in total. The molecule has 2 aromatic rings. The van der Waals surface area contributed by atoms with Crippen molar-refractivity contribution < 1.29 is 4.79 Å². The smallest absolute Gasteiger partial charge is 0.272 e. The molecule has 2 heterocycles. The van der Waals surface area contributed by atoms with Crippen molar-refractivity contribution in [3.63, 3.8) is 0 Å². The van der Waals surface area contributed by atoms with Crippen molar-refractivity contribution in [2.45, 2.75) is 25.8 Å². The number of nitrogens with one attached hydrogen (secondary N) is 1. The van der Waals surface area contributed by atoms with Crippen molar-refractivity contribution in [2.75, 3.05) is 36.4 Å². The summed E-state index contributed by atoms with van der Waals surface area (Å²) in [5.74, 6) is 0.575. The number of aryl methyl sites for hydroxylation is 1. The van der Waals surface area contributed by atoms with Gasteiger partial charge in [-0.1, -0.05) is 18.2 Å². The van der Waals surface area contributed by atoms with E-state index in [1.807, 2.05) is 30.0 Å². The number of carbonyl (C=O) groups excluding carboxylic acids is 1. The molecular formula is C19H23N5O. The first-order valence-electron chi connectivity index (χ1n) is 8.90. The monoisotopic (exact) mass is 337 g/mol. The van der Waals surface area contributed by atoms with Crippen LogP contribution in [0.5, 0.6) is 0 Å². The molecular weight excluding hydrogens is 314 g/mol. The third-order valence-electron chi connectivity index (χ3n) is 4.67. The van der Waals surface area contributed by atoms with Crippen LogP contribution in [0.25, 0.3) is 0 Å². The second-order valence-corrected chi connectivity index (χ2v) is 6.75. The van der Waals surface area contributed by atoms with Crippen molar-refractivity contribution in [3.05, 3.63) is 47.8 Å². The SMILES string of the molecule is Cc1cc(C(=O)N2CCN(c3ccccc3)CC2)nc(NC2CC2)n1. The average molecular weight is 337 g/mol. The number of hydrogen-bond donors (Lipinski definition) is 1. The fraction of sp³-hybridized carbons (Fsp3) is 0.421. The summed E-state index contributed by atoms with van der Waals surface area (Å²) in [7, 11) is 0. The summed E-state index contributed by atoms with van der Waals surface area (Å²) in [4.78, 5) is 25.9. The maximum atomic E-state index is 12.8. The molecule has 1 aliphatic carbocycles. The number of amides is 1. The molecule has 1 aromatic heterocycles. The Morgan fingerprint density at radius 3 is 2.48 bits per heavy atom. The number of piperazine rings is 1. The Hall–Kier alpha value is -2.63. The predicted octanol–water partition coefficient (Wildman–Crippen LogP) is 2.32. The molecule has 1 saturated carbocycles. The Labute approximate surface area is 147 Å². The highest BCUT2D eigenvalue weighted by Gasteiger charge is 2.25. The Morgan fingerprint density at radius 1 is 1.08 bits per heavy atom. The highest BCUT2D eigenvalue weighted by molar-refractivity contribution is 5.92. The van der Waals surface area contributed by atoms with Gasteiger partial charge in [-0.05, 0) is 38.0 Å². The van der Waals surface area contributed by atoms with Gasteiger partial charge in [0.15, 0.2) is 0 Å². The van der Waals surface area contributed by atoms with Gasteiger partial charge in [0.05, 0.1) is 0 Å². The summed E-state index contributed by atoms with van der Waals surface area (Å²) in [6.45, 7) is 5.01. The van der Waals surface area contributed by atoms with Crippen LogP contribution in [0.1, 0.15) is 29.0 Å². The van der Waals surface area contributed by atoms with Crippen molar-refractivity contribution in [1.29, 1.82) is 0 Å². The molecule has 0 bridgehead atoms. The molecule has 0 spiro atoms. The lowest BCUT2D eigenvalue weighted by atomic mass is 10.2. The molecule has 1 saturated heterocycles. The van der Waals surface area contributed by atoms with Crippen LogP contribution in [0, 0.1) is 6.92 Å². The fourth-order valence-electron chi connectivity index (χ4n) is 3.12. The van der Waals surface area contributed by atoms with E-state index in [1.165, 1.54) is 5.69 Å². The van der Waals surface area contributed by atoms with E-state index < -0.39 is 0 Å². The Kier molecular flexibility index (Phi) is 4.26. The number of benzene rings is 1. The molecule has 0 atom stereocenters. The lowest BCUT2D eigenvalue weighted by Gasteiger charge is -2.36. The Morgan fingerprint density at radius 2 is 1.80 bits per heavy atom. The number of anilines is 2. The van der Waals surface area contributed by atoms with E-state index in [0.717, 1.165) is 31.6 Å². The molecule has 1 aliphatic heterocycles. The van der Waals surface area contributed by atoms with Gasteiger partial charge in [-0.3, -0.25) is 4.79 Å². The largest absolute Gasteiger partial charge is 0.368 e. The van der Waals surface area contributed by atoms with Gasteiger partial charge in [0.25, 0.3) is 5.91 Å². The highest BCUT2D eigenvalue weighted by Crippen LogP contribution is 2.23. The van der Waals surface area contributed by atoms with E-state index in [0.29, 0.717) is 30.8 Å². The molecule has 1 N–H and O–H groups in total. The second kappa shape index (κ2) is 6.70. The number of rotatable bonds is 4. The first-order valence-corrected chi connectivity index (χ1v) is 8.90. The molecule has 25 heavy (non-hydrogen) atoms. The Balaban J connectivity index is 1.42. The molecule has 1 amide bonds. The van der Waals surface area contributed by atoms with E-state index in [1.54, 1.807) is 6.07 Å². The van der Waals surface area contributed by atoms with Crippen molar-refractivity contribution in [1.82, 2.24) is 14.9 Å². The van der Waals surface area contributed by atoms with Crippen LogP contribution < -0.4 is 10.2 Å². The first-order chi connectivity index (χ1) is 12.2. The van der Waals surface area contributed by atoms with Gasteiger partial charge in [-0.2, -0.15) is 0 Å². The standard InChI is InChI=1S/C19H23N5O/c1-14-13-17(22-19(20-14)21-15-7-8-15)18(25)24-11-9-23(10-12-24)16-5-3-2-4-6-16/h2-6,13,15H,7-12H2,1H3,(H,20,21,22). The van der Waals surface area contributed by atoms with E-state index in [4.69, 9.17) is 0 Å². The van der Waals surface area contributed by atoms with Gasteiger partial charge in [0.2, 0.25) is 5.95 Å². The van der Waals surface area contributed by atoms with Gasteiger partial charge in [0.1, 0.15) is 5.69 Å². The van der Waals surface area contributed by atoms with Crippen LogP contribution in [-0.2, 0) is 0 Å². The summed E-state index contributed by atoms with van der Waals surface area (Å²) in [6, 6.07) is 12.6. The van der Waals surface area contributed by atoms with Crippen LogP contribution >= 0.6 is 0 Å². The minimum Gasteiger partial charge on any atom is -0.368 e. The lowest BCUT2D eigenvalue weighted by Crippen LogP contribution is -2.49. The molecule has 130 valence electrons. The molecule has 4 rings (SSSR count). The second-order valence-electron chi connectivity index (χ2n) is 6.75.